The van der Waals surface area contributed by atoms with Gasteiger partial charge in [0.15, 0.2) is 0 Å². The number of carbonyl (C=O) groups excluding carboxylic acids is 4. The van der Waals surface area contributed by atoms with E-state index in [1.807, 2.05) is 0 Å². The molecule has 0 radical (unpaired) electrons. The Hall–Kier alpha value is -4.68. The second-order valence-corrected chi connectivity index (χ2v) is 9.46. The minimum absolute atomic E-state index is 0.101. The lowest BCUT2D eigenvalue weighted by atomic mass is 9.84. The number of nitrogens with one attached hydrogen (secondary N) is 2. The highest BCUT2D eigenvalue weighted by atomic mass is 16.6. The van der Waals surface area contributed by atoms with Gasteiger partial charge in [-0.2, -0.15) is 0 Å². The van der Waals surface area contributed by atoms with Crippen molar-refractivity contribution in [3.8, 4) is 0 Å². The predicted molar refractivity (Wildman–Crippen MR) is 136 cm³/mol. The number of benzene rings is 2. The highest BCUT2D eigenvalue weighted by Crippen LogP contribution is 2.46. The summed E-state index contributed by atoms with van der Waals surface area (Å²) in [6, 6.07) is 13.2. The van der Waals surface area contributed by atoms with Gasteiger partial charge in [0.05, 0.1) is 17.0 Å². The molecule has 0 spiro atoms. The van der Waals surface area contributed by atoms with Gasteiger partial charge in [0.2, 0.25) is 0 Å². The maximum atomic E-state index is 12.5. The van der Waals surface area contributed by atoms with E-state index in [9.17, 15) is 39.0 Å². The van der Waals surface area contributed by atoms with Gasteiger partial charge >= 0.3 is 35.8 Å². The molecular formula is C28H26N2O10. The van der Waals surface area contributed by atoms with Crippen molar-refractivity contribution in [2.75, 3.05) is 0 Å². The zero-order valence-corrected chi connectivity index (χ0v) is 21.0. The molecule has 2 saturated carbocycles. The fourth-order valence-electron chi connectivity index (χ4n) is 4.38. The average Bonchev–Trinajstić information content (AvgIpc) is 3.68. The molecule has 2 aromatic rings. The molecule has 0 heterocycles. The molecule has 4 rings (SSSR count). The molecule has 5 atom stereocenters. The van der Waals surface area contributed by atoms with Gasteiger partial charge in [0.1, 0.15) is 11.6 Å². The molecule has 0 saturated heterocycles. The molecule has 2 aromatic carbocycles. The maximum absolute atomic E-state index is 12.5. The molecule has 4 N–H and O–H groups in total. The van der Waals surface area contributed by atoms with Gasteiger partial charge < -0.3 is 19.7 Å². The van der Waals surface area contributed by atoms with E-state index in [-0.39, 0.29) is 17.5 Å². The van der Waals surface area contributed by atoms with Gasteiger partial charge in [-0.1, -0.05) is 36.4 Å². The van der Waals surface area contributed by atoms with Crippen molar-refractivity contribution in [3.05, 3.63) is 83.9 Å². The van der Waals surface area contributed by atoms with Gasteiger partial charge in [-0.25, -0.2) is 14.4 Å². The average molecular weight is 551 g/mol. The lowest BCUT2D eigenvalue weighted by Crippen LogP contribution is -2.63. The molecule has 2 aliphatic carbocycles. The van der Waals surface area contributed by atoms with Gasteiger partial charge in [-0.3, -0.25) is 25.0 Å². The Morgan fingerprint density at radius 2 is 1.38 bits per heavy atom. The number of carboxylic acid groups (broad SMARTS) is 2. The molecule has 4 unspecified atom stereocenters. The number of esters is 4. The Balaban J connectivity index is 1.32. The zero-order chi connectivity index (χ0) is 28.9. The molecular weight excluding hydrogens is 524 g/mol. The summed E-state index contributed by atoms with van der Waals surface area (Å²) in [7, 11) is 0. The number of rotatable bonds is 11. The van der Waals surface area contributed by atoms with Crippen LogP contribution in [0.3, 0.4) is 0 Å². The molecule has 12 nitrogen and oxygen atoms in total. The van der Waals surface area contributed by atoms with Crippen LogP contribution in [0.2, 0.25) is 0 Å². The number of carboxylic acids is 2. The van der Waals surface area contributed by atoms with E-state index in [1.54, 1.807) is 36.4 Å². The first kappa shape index (κ1) is 28.3. The number of hydrogen-bond donors (Lipinski definition) is 4. The fourth-order valence-corrected chi connectivity index (χ4v) is 4.38. The summed E-state index contributed by atoms with van der Waals surface area (Å²) in [4.78, 5) is 72.6. The van der Waals surface area contributed by atoms with E-state index >= 15 is 0 Å². The second-order valence-electron chi connectivity index (χ2n) is 9.46. The molecule has 2 fully saturated rings. The summed E-state index contributed by atoms with van der Waals surface area (Å²) in [5.41, 5.74) is -1.36. The maximum Gasteiger partial charge on any atom is 0.346 e. The van der Waals surface area contributed by atoms with Gasteiger partial charge in [0.25, 0.3) is 0 Å². The van der Waals surface area contributed by atoms with Crippen molar-refractivity contribution < 1.29 is 48.5 Å². The molecule has 0 aliphatic heterocycles. The molecule has 0 aromatic heterocycles. The third-order valence-corrected chi connectivity index (χ3v) is 6.83. The normalized spacial score (nSPS) is 23.9. The van der Waals surface area contributed by atoms with Crippen LogP contribution in [0.4, 0.5) is 0 Å². The van der Waals surface area contributed by atoms with E-state index in [4.69, 9.17) is 9.47 Å². The Kier molecular flexibility index (Phi) is 8.51. The fraction of sp³-hybridized carbons (Fsp3) is 0.286. The quantitative estimate of drug-likeness (QED) is 0.179. The van der Waals surface area contributed by atoms with Crippen molar-refractivity contribution in [1.29, 1.82) is 0 Å². The lowest BCUT2D eigenvalue weighted by molar-refractivity contribution is -0.147. The molecule has 0 bridgehead atoms. The first-order valence-electron chi connectivity index (χ1n) is 12.4. The van der Waals surface area contributed by atoms with Crippen LogP contribution in [0.15, 0.2) is 72.8 Å². The van der Waals surface area contributed by atoms with Gasteiger partial charge in [-0.15, -0.1) is 0 Å². The van der Waals surface area contributed by atoms with E-state index in [1.165, 1.54) is 24.3 Å². The van der Waals surface area contributed by atoms with E-state index in [0.717, 1.165) is 12.2 Å². The van der Waals surface area contributed by atoms with Crippen LogP contribution in [0.25, 0.3) is 0 Å². The molecule has 0 amide bonds. The largest absolute Gasteiger partial charge is 0.480 e. The Labute approximate surface area is 228 Å². The first-order chi connectivity index (χ1) is 19.1. The minimum Gasteiger partial charge on any atom is -0.480 e. The number of ether oxygens (including phenoxy) is 2. The van der Waals surface area contributed by atoms with Crippen LogP contribution in [-0.2, 0) is 28.7 Å². The van der Waals surface area contributed by atoms with Crippen molar-refractivity contribution in [1.82, 2.24) is 10.6 Å². The monoisotopic (exact) mass is 550 g/mol. The van der Waals surface area contributed by atoms with Crippen molar-refractivity contribution in [2.45, 2.75) is 42.9 Å². The van der Waals surface area contributed by atoms with Crippen molar-refractivity contribution >= 4 is 35.8 Å². The topological polar surface area (TPSA) is 185 Å². The summed E-state index contributed by atoms with van der Waals surface area (Å²) < 4.78 is 9.57. The summed E-state index contributed by atoms with van der Waals surface area (Å²) >= 11 is 0. The highest BCUT2D eigenvalue weighted by molar-refractivity contribution is 6.02. The molecule has 40 heavy (non-hydrogen) atoms. The number of hydrogen-bond acceptors (Lipinski definition) is 10. The van der Waals surface area contributed by atoms with E-state index in [0.29, 0.717) is 12.8 Å². The van der Waals surface area contributed by atoms with Gasteiger partial charge in [0, 0.05) is 18.2 Å². The zero-order valence-electron chi connectivity index (χ0n) is 21.0. The van der Waals surface area contributed by atoms with Crippen LogP contribution in [0.1, 0.15) is 40.0 Å². The van der Waals surface area contributed by atoms with E-state index < -0.39 is 65.4 Å². The SMILES string of the molecule is O=C(/C=C/C(NC1CCC1NC1(C(=O)O)C[C@H]1C(=O)OC(=O)c1ccccc1)C(=O)O)OC(=O)c1ccccc1. The summed E-state index contributed by atoms with van der Waals surface area (Å²) in [6.45, 7) is 0. The van der Waals surface area contributed by atoms with Crippen LogP contribution < -0.4 is 10.6 Å². The Bertz CT molecular complexity index is 1340. The highest BCUT2D eigenvalue weighted by Gasteiger charge is 2.66. The first-order valence-corrected chi connectivity index (χ1v) is 12.4. The minimum atomic E-state index is -1.66. The third kappa shape index (κ3) is 6.47. The lowest BCUT2D eigenvalue weighted by Gasteiger charge is -2.41. The summed E-state index contributed by atoms with van der Waals surface area (Å²) in [5.74, 6) is -7.52. The number of carbonyl (C=O) groups is 6. The Morgan fingerprint density at radius 3 is 1.88 bits per heavy atom. The van der Waals surface area contributed by atoms with Crippen LogP contribution in [0.5, 0.6) is 0 Å². The van der Waals surface area contributed by atoms with Crippen LogP contribution in [-0.4, -0.2) is 69.7 Å². The smallest absolute Gasteiger partial charge is 0.346 e. The third-order valence-electron chi connectivity index (χ3n) is 6.83. The number of aliphatic carboxylic acids is 2. The molecule has 2 aliphatic rings. The van der Waals surface area contributed by atoms with Crippen LogP contribution >= 0.6 is 0 Å². The molecule has 208 valence electrons. The summed E-state index contributed by atoms with van der Waals surface area (Å²) in [5, 5.41) is 25.2. The van der Waals surface area contributed by atoms with Crippen LogP contribution in [0, 0.1) is 5.92 Å². The van der Waals surface area contributed by atoms with Gasteiger partial charge in [-0.05, 0) is 49.6 Å². The predicted octanol–water partition coefficient (Wildman–Crippen LogP) is 1.32. The van der Waals surface area contributed by atoms with Crippen molar-refractivity contribution in [3.63, 3.8) is 0 Å². The summed E-state index contributed by atoms with van der Waals surface area (Å²) in [6.07, 6.45) is 2.72. The van der Waals surface area contributed by atoms with Crippen molar-refractivity contribution in [2.24, 2.45) is 5.92 Å². The standard InChI is InChI=1S/C28H26N2O10/c31-22(39-24(34)16-7-3-1-4-8-16)14-13-21(23(32)33)29-19-11-12-20(19)30-28(27(37)38)15-18(28)26(36)40-25(35)17-9-5-2-6-10-17/h1-10,13-14,18-21,29-30H,11-12,15H2,(H,32,33)(H,37,38)/b14-13+/t18-,19?,20?,21?,28?/m0/s1. The Morgan fingerprint density at radius 1 is 0.825 bits per heavy atom. The van der Waals surface area contributed by atoms with E-state index in [2.05, 4.69) is 10.6 Å². The second kappa shape index (κ2) is 12.0. The molecule has 12 heteroatoms.